The van der Waals surface area contributed by atoms with Gasteiger partial charge >= 0.3 is 12.0 Å². The summed E-state index contributed by atoms with van der Waals surface area (Å²) in [6.07, 6.45) is 2.35. The average Bonchev–Trinajstić information content (AvgIpc) is 2.63. The fourth-order valence-electron chi connectivity index (χ4n) is 3.36. The van der Waals surface area contributed by atoms with Gasteiger partial charge in [-0.1, -0.05) is 44.2 Å². The Hall–Kier alpha value is -2.08. The second-order valence-corrected chi connectivity index (χ2v) is 7.45. The van der Waals surface area contributed by atoms with Crippen LogP contribution in [-0.4, -0.2) is 60.1 Å². The van der Waals surface area contributed by atoms with Crippen LogP contribution in [0, 0.1) is 11.8 Å². The number of rotatable bonds is 7. The maximum absolute atomic E-state index is 12.4. The first-order valence-corrected chi connectivity index (χ1v) is 9.39. The lowest BCUT2D eigenvalue weighted by Gasteiger charge is -2.37. The van der Waals surface area contributed by atoms with Crippen molar-refractivity contribution in [2.45, 2.75) is 32.7 Å². The normalized spacial score (nSPS) is 18.1. The molecule has 144 valence electrons. The van der Waals surface area contributed by atoms with E-state index in [1.807, 2.05) is 18.2 Å². The quantitative estimate of drug-likeness (QED) is 0.783. The van der Waals surface area contributed by atoms with Crippen molar-refractivity contribution in [3.63, 3.8) is 0 Å². The molecule has 1 saturated heterocycles. The molecule has 0 saturated carbocycles. The first kappa shape index (κ1) is 20.2. The summed E-state index contributed by atoms with van der Waals surface area (Å²) in [5.41, 5.74) is 1.20. The third kappa shape index (κ3) is 5.73. The largest absolute Gasteiger partial charge is 0.481 e. The third-order valence-electron chi connectivity index (χ3n) is 5.21. The molecule has 6 nitrogen and oxygen atoms in total. The van der Waals surface area contributed by atoms with Crippen LogP contribution in [0.2, 0.25) is 0 Å². The Morgan fingerprint density at radius 3 is 2.46 bits per heavy atom. The molecule has 2 amide bonds. The van der Waals surface area contributed by atoms with Crippen molar-refractivity contribution in [3.05, 3.63) is 35.9 Å². The van der Waals surface area contributed by atoms with Gasteiger partial charge in [0.05, 0.1) is 12.0 Å². The fraction of sp³-hybridized carbons (Fsp3) is 0.600. The topological polar surface area (TPSA) is 72.9 Å². The Morgan fingerprint density at radius 1 is 1.27 bits per heavy atom. The highest BCUT2D eigenvalue weighted by atomic mass is 16.4. The Morgan fingerprint density at radius 2 is 1.88 bits per heavy atom. The molecule has 1 aliphatic heterocycles. The van der Waals surface area contributed by atoms with Crippen LogP contribution < -0.4 is 5.32 Å². The fourth-order valence-corrected chi connectivity index (χ4v) is 3.36. The minimum absolute atomic E-state index is 0.137. The number of aliphatic carboxylic acids is 1. The summed E-state index contributed by atoms with van der Waals surface area (Å²) in [6.45, 7) is 6.66. The van der Waals surface area contributed by atoms with Crippen molar-refractivity contribution in [2.24, 2.45) is 11.8 Å². The molecular formula is C20H31N3O3. The molecule has 0 spiro atoms. The molecule has 2 atom stereocenters. The number of hydrogen-bond acceptors (Lipinski definition) is 3. The van der Waals surface area contributed by atoms with Crippen LogP contribution in [0.5, 0.6) is 0 Å². The number of nitrogens with zero attached hydrogens (tertiary/aromatic N) is 2. The van der Waals surface area contributed by atoms with Crippen molar-refractivity contribution < 1.29 is 14.7 Å². The second-order valence-electron chi connectivity index (χ2n) is 7.45. The van der Waals surface area contributed by atoms with Gasteiger partial charge < -0.3 is 15.3 Å². The van der Waals surface area contributed by atoms with Gasteiger partial charge in [-0.05, 0) is 37.4 Å². The number of carboxylic acid groups (broad SMARTS) is 1. The molecule has 1 heterocycles. The zero-order chi connectivity index (χ0) is 19.1. The van der Waals surface area contributed by atoms with Crippen LogP contribution in [0.4, 0.5) is 4.79 Å². The third-order valence-corrected chi connectivity index (χ3v) is 5.21. The van der Waals surface area contributed by atoms with Crippen molar-refractivity contribution >= 4 is 12.0 Å². The lowest BCUT2D eigenvalue weighted by Crippen LogP contribution is -2.46. The lowest BCUT2D eigenvalue weighted by atomic mass is 9.95. The van der Waals surface area contributed by atoms with Crippen LogP contribution in [0.3, 0.4) is 0 Å². The number of carboxylic acids is 1. The van der Waals surface area contributed by atoms with Gasteiger partial charge in [0.25, 0.3) is 0 Å². The van der Waals surface area contributed by atoms with Gasteiger partial charge in [0, 0.05) is 20.1 Å². The number of carbonyl (C=O) groups is 2. The van der Waals surface area contributed by atoms with Crippen LogP contribution in [0.25, 0.3) is 0 Å². The minimum atomic E-state index is -0.894. The van der Waals surface area contributed by atoms with Crippen LogP contribution in [-0.2, 0) is 4.79 Å². The number of piperidine rings is 1. The van der Waals surface area contributed by atoms with E-state index in [1.54, 1.807) is 14.0 Å². The summed E-state index contributed by atoms with van der Waals surface area (Å²) < 4.78 is 0. The molecule has 6 heteroatoms. The molecule has 0 aliphatic carbocycles. The van der Waals surface area contributed by atoms with E-state index in [9.17, 15) is 9.59 Å². The number of amides is 2. The SMILES string of the molecule is CC1CCN(C(CNC(=O)N(C)CC(C)C(=O)O)c2ccccc2)CC1. The molecule has 2 rings (SSSR count). The molecular weight excluding hydrogens is 330 g/mol. The summed E-state index contributed by atoms with van der Waals surface area (Å²) in [5.74, 6) is -0.727. The Kier molecular flexibility index (Phi) is 7.45. The van der Waals surface area contributed by atoms with Crippen molar-refractivity contribution in [1.82, 2.24) is 15.1 Å². The number of carbonyl (C=O) groups excluding carboxylic acids is 1. The van der Waals surface area contributed by atoms with E-state index in [1.165, 1.54) is 23.3 Å². The molecule has 0 bridgehead atoms. The molecule has 1 aliphatic rings. The van der Waals surface area contributed by atoms with Crippen molar-refractivity contribution in [3.8, 4) is 0 Å². The molecule has 0 aromatic heterocycles. The molecule has 2 unspecified atom stereocenters. The van der Waals surface area contributed by atoms with E-state index in [0.717, 1.165) is 19.0 Å². The van der Waals surface area contributed by atoms with Crippen LogP contribution in [0.1, 0.15) is 38.3 Å². The molecule has 2 N–H and O–H groups in total. The smallest absolute Gasteiger partial charge is 0.317 e. The Balaban J connectivity index is 1.98. The lowest BCUT2D eigenvalue weighted by molar-refractivity contribution is -0.141. The summed E-state index contributed by atoms with van der Waals surface area (Å²) >= 11 is 0. The van der Waals surface area contributed by atoms with E-state index in [2.05, 4.69) is 29.3 Å². The number of benzene rings is 1. The predicted octanol–water partition coefficient (Wildman–Crippen LogP) is 2.82. The van der Waals surface area contributed by atoms with Crippen molar-refractivity contribution in [2.75, 3.05) is 33.2 Å². The Labute approximate surface area is 156 Å². The first-order chi connectivity index (χ1) is 12.4. The molecule has 1 aromatic rings. The number of urea groups is 1. The molecule has 0 radical (unpaired) electrons. The van der Waals surface area contributed by atoms with Gasteiger partial charge in [0.1, 0.15) is 0 Å². The van der Waals surface area contributed by atoms with Gasteiger partial charge in [-0.2, -0.15) is 0 Å². The highest BCUT2D eigenvalue weighted by Crippen LogP contribution is 2.26. The summed E-state index contributed by atoms with van der Waals surface area (Å²) in [5, 5.41) is 12.0. The average molecular weight is 361 g/mol. The first-order valence-electron chi connectivity index (χ1n) is 9.39. The van der Waals surface area contributed by atoms with E-state index in [-0.39, 0.29) is 18.6 Å². The van der Waals surface area contributed by atoms with E-state index in [0.29, 0.717) is 6.54 Å². The molecule has 1 aromatic carbocycles. The molecule has 26 heavy (non-hydrogen) atoms. The molecule has 1 fully saturated rings. The zero-order valence-corrected chi connectivity index (χ0v) is 16.0. The van der Waals surface area contributed by atoms with Crippen LogP contribution in [0.15, 0.2) is 30.3 Å². The minimum Gasteiger partial charge on any atom is -0.481 e. The predicted molar refractivity (Wildman–Crippen MR) is 102 cm³/mol. The number of nitrogens with one attached hydrogen (secondary N) is 1. The second kappa shape index (κ2) is 9.57. The van der Waals surface area contributed by atoms with Gasteiger partial charge in [-0.25, -0.2) is 4.79 Å². The van der Waals surface area contributed by atoms with E-state index < -0.39 is 11.9 Å². The maximum Gasteiger partial charge on any atom is 0.317 e. The highest BCUT2D eigenvalue weighted by Gasteiger charge is 2.25. The van der Waals surface area contributed by atoms with E-state index in [4.69, 9.17) is 5.11 Å². The van der Waals surface area contributed by atoms with Crippen molar-refractivity contribution in [1.29, 1.82) is 0 Å². The number of hydrogen-bond donors (Lipinski definition) is 2. The van der Waals surface area contributed by atoms with E-state index >= 15 is 0 Å². The van der Waals surface area contributed by atoms with Gasteiger partial charge in [0.15, 0.2) is 0 Å². The Bertz CT molecular complexity index is 585. The highest BCUT2D eigenvalue weighted by molar-refractivity contribution is 5.75. The summed E-state index contributed by atoms with van der Waals surface area (Å²) in [6, 6.07) is 10.2. The van der Waals surface area contributed by atoms with Gasteiger partial charge in [0.2, 0.25) is 0 Å². The van der Waals surface area contributed by atoms with Crippen LogP contribution >= 0.6 is 0 Å². The monoisotopic (exact) mass is 361 g/mol. The zero-order valence-electron chi connectivity index (χ0n) is 16.0. The van der Waals surface area contributed by atoms with Gasteiger partial charge in [-0.3, -0.25) is 9.69 Å². The number of likely N-dealkylation sites (tertiary alicyclic amines) is 1. The van der Waals surface area contributed by atoms with Gasteiger partial charge in [-0.15, -0.1) is 0 Å². The maximum atomic E-state index is 12.4. The summed E-state index contributed by atoms with van der Waals surface area (Å²) in [4.78, 5) is 27.2. The standard InChI is InChI=1S/C20H31N3O3/c1-15-9-11-23(12-10-15)18(17-7-5-4-6-8-17)13-21-20(26)22(3)14-16(2)19(24)25/h4-8,15-16,18H,9-14H2,1-3H3,(H,21,26)(H,24,25). The summed E-state index contributed by atoms with van der Waals surface area (Å²) in [7, 11) is 1.63.